The number of aromatic nitrogens is 2. The molecule has 0 unspecified atom stereocenters. The van der Waals surface area contributed by atoms with E-state index in [2.05, 4.69) is 10.3 Å². The van der Waals surface area contributed by atoms with E-state index in [-0.39, 0.29) is 5.82 Å². The van der Waals surface area contributed by atoms with Gasteiger partial charge in [-0.25, -0.2) is 4.98 Å². The Kier molecular flexibility index (Phi) is 4.81. The molecule has 0 aliphatic heterocycles. The molecule has 7 heteroatoms. The van der Waals surface area contributed by atoms with Gasteiger partial charge in [-0.05, 0) is 36.4 Å². The number of anilines is 1. The van der Waals surface area contributed by atoms with Gasteiger partial charge in [0.15, 0.2) is 5.82 Å². The van der Waals surface area contributed by atoms with Gasteiger partial charge < -0.3 is 10.1 Å². The average Bonchev–Trinajstić information content (AvgIpc) is 2.64. The van der Waals surface area contributed by atoms with Gasteiger partial charge in [-0.2, -0.15) is 0 Å². The van der Waals surface area contributed by atoms with Crippen molar-refractivity contribution in [3.63, 3.8) is 0 Å². The van der Waals surface area contributed by atoms with Crippen molar-refractivity contribution in [2.45, 2.75) is 0 Å². The lowest BCUT2D eigenvalue weighted by molar-refractivity contribution is 0.102. The molecule has 0 aliphatic carbocycles. The molecule has 1 N–H and O–H groups in total. The highest BCUT2D eigenvalue weighted by atomic mass is 35.5. The number of rotatable bonds is 4. The van der Waals surface area contributed by atoms with Crippen LogP contribution in [0.25, 0.3) is 5.69 Å². The zero-order valence-corrected chi connectivity index (χ0v) is 14.0. The summed E-state index contributed by atoms with van der Waals surface area (Å²) >= 11 is 5.81. The number of hydrogen-bond acceptors (Lipinski definition) is 4. The third kappa shape index (κ3) is 3.70. The Balaban J connectivity index is 1.92. The van der Waals surface area contributed by atoms with Crippen molar-refractivity contribution in [1.82, 2.24) is 9.55 Å². The molecule has 0 bridgehead atoms. The van der Waals surface area contributed by atoms with Gasteiger partial charge in [0.05, 0.1) is 12.8 Å². The summed E-state index contributed by atoms with van der Waals surface area (Å²) in [6.07, 6.45) is 2.97. The van der Waals surface area contributed by atoms with Crippen LogP contribution in [0.4, 0.5) is 5.82 Å². The third-order valence-electron chi connectivity index (χ3n) is 3.51. The number of ether oxygens (including phenoxy) is 1. The van der Waals surface area contributed by atoms with Crippen LogP contribution in [-0.2, 0) is 0 Å². The number of methoxy groups -OCH3 is 1. The molecule has 2 aromatic carbocycles. The number of benzene rings is 2. The highest BCUT2D eigenvalue weighted by Gasteiger charge is 2.12. The van der Waals surface area contributed by atoms with Crippen LogP contribution in [-0.4, -0.2) is 22.6 Å². The molecule has 1 aromatic heterocycles. The highest BCUT2D eigenvalue weighted by Crippen LogP contribution is 2.15. The predicted octanol–water partition coefficient (Wildman–Crippen LogP) is 3.15. The number of carbonyl (C=O) groups excluding carboxylic acids is 1. The fourth-order valence-corrected chi connectivity index (χ4v) is 2.37. The maximum atomic E-state index is 12.6. The minimum Gasteiger partial charge on any atom is -0.497 e. The average molecular weight is 356 g/mol. The van der Waals surface area contributed by atoms with Crippen LogP contribution in [0.2, 0.25) is 5.02 Å². The van der Waals surface area contributed by atoms with Crippen molar-refractivity contribution < 1.29 is 9.53 Å². The number of hydrogen-bond donors (Lipinski definition) is 1. The molecule has 3 aromatic rings. The second-order valence-electron chi connectivity index (χ2n) is 5.11. The third-order valence-corrected chi connectivity index (χ3v) is 3.76. The van der Waals surface area contributed by atoms with Crippen LogP contribution >= 0.6 is 11.6 Å². The van der Waals surface area contributed by atoms with Crippen LogP contribution in [0.3, 0.4) is 0 Å². The predicted molar refractivity (Wildman–Crippen MR) is 95.8 cm³/mol. The van der Waals surface area contributed by atoms with Crippen LogP contribution in [0, 0.1) is 0 Å². The molecular weight excluding hydrogens is 342 g/mol. The largest absolute Gasteiger partial charge is 0.497 e. The van der Waals surface area contributed by atoms with Gasteiger partial charge in [-0.1, -0.05) is 17.7 Å². The minimum absolute atomic E-state index is 0.0646. The highest BCUT2D eigenvalue weighted by molar-refractivity contribution is 6.30. The van der Waals surface area contributed by atoms with Crippen LogP contribution in [0.15, 0.2) is 65.7 Å². The summed E-state index contributed by atoms with van der Waals surface area (Å²) in [7, 11) is 1.55. The van der Waals surface area contributed by atoms with E-state index in [0.717, 1.165) is 0 Å². The van der Waals surface area contributed by atoms with E-state index in [1.165, 1.54) is 17.0 Å². The first-order valence-corrected chi connectivity index (χ1v) is 7.75. The summed E-state index contributed by atoms with van der Waals surface area (Å²) in [6, 6.07) is 13.4. The molecule has 0 saturated heterocycles. The number of halogens is 1. The summed E-state index contributed by atoms with van der Waals surface area (Å²) in [5.74, 6) is 0.114. The van der Waals surface area contributed by atoms with Crippen molar-refractivity contribution in [3.8, 4) is 11.4 Å². The first kappa shape index (κ1) is 16.7. The Bertz CT molecular complexity index is 968. The molecule has 25 heavy (non-hydrogen) atoms. The molecule has 1 amide bonds. The van der Waals surface area contributed by atoms with E-state index in [1.54, 1.807) is 55.6 Å². The Morgan fingerprint density at radius 3 is 2.68 bits per heavy atom. The van der Waals surface area contributed by atoms with E-state index in [1.807, 2.05) is 0 Å². The van der Waals surface area contributed by atoms with Gasteiger partial charge in [0, 0.05) is 29.0 Å². The Hall–Kier alpha value is -3.12. The summed E-state index contributed by atoms with van der Waals surface area (Å²) < 4.78 is 6.55. The Morgan fingerprint density at radius 1 is 1.20 bits per heavy atom. The molecule has 0 spiro atoms. The molecule has 3 rings (SSSR count). The van der Waals surface area contributed by atoms with Crippen molar-refractivity contribution in [2.24, 2.45) is 0 Å². The Labute approximate surface area is 148 Å². The topological polar surface area (TPSA) is 73.2 Å². The van der Waals surface area contributed by atoms with Gasteiger partial charge in [0.25, 0.3) is 11.5 Å². The first-order chi connectivity index (χ1) is 12.1. The lowest BCUT2D eigenvalue weighted by Crippen LogP contribution is -2.26. The number of nitrogens with zero attached hydrogens (tertiary/aromatic N) is 2. The first-order valence-electron chi connectivity index (χ1n) is 7.37. The normalized spacial score (nSPS) is 10.3. The number of nitrogens with one attached hydrogen (secondary N) is 1. The molecule has 0 aliphatic rings. The SMILES string of the molecule is COc1cccc(-n2ccnc(NC(=O)c3ccc(Cl)cc3)c2=O)c1. The molecule has 0 saturated carbocycles. The molecule has 6 nitrogen and oxygen atoms in total. The lowest BCUT2D eigenvalue weighted by Gasteiger charge is -2.09. The maximum absolute atomic E-state index is 12.6. The zero-order valence-electron chi connectivity index (χ0n) is 13.3. The quantitative estimate of drug-likeness (QED) is 0.780. The Morgan fingerprint density at radius 2 is 1.96 bits per heavy atom. The van der Waals surface area contributed by atoms with Crippen LogP contribution in [0.5, 0.6) is 5.75 Å². The number of carbonyl (C=O) groups is 1. The van der Waals surface area contributed by atoms with E-state index in [4.69, 9.17) is 16.3 Å². The minimum atomic E-state index is -0.446. The van der Waals surface area contributed by atoms with Gasteiger partial charge in [-0.3, -0.25) is 14.2 Å². The second kappa shape index (κ2) is 7.19. The van der Waals surface area contributed by atoms with E-state index < -0.39 is 11.5 Å². The van der Waals surface area contributed by atoms with Crippen molar-refractivity contribution in [1.29, 1.82) is 0 Å². The van der Waals surface area contributed by atoms with E-state index in [0.29, 0.717) is 22.0 Å². The molecule has 126 valence electrons. The van der Waals surface area contributed by atoms with E-state index in [9.17, 15) is 9.59 Å². The monoisotopic (exact) mass is 355 g/mol. The van der Waals surface area contributed by atoms with Gasteiger partial charge in [-0.15, -0.1) is 0 Å². The molecular formula is C18H14ClN3O3. The van der Waals surface area contributed by atoms with Crippen molar-refractivity contribution in [2.75, 3.05) is 12.4 Å². The second-order valence-corrected chi connectivity index (χ2v) is 5.55. The van der Waals surface area contributed by atoms with Crippen molar-refractivity contribution >= 4 is 23.3 Å². The summed E-state index contributed by atoms with van der Waals surface area (Å²) in [5.41, 5.74) is 0.536. The molecule has 0 radical (unpaired) electrons. The molecule has 0 fully saturated rings. The van der Waals surface area contributed by atoms with Crippen molar-refractivity contribution in [3.05, 3.63) is 81.9 Å². The smallest absolute Gasteiger partial charge is 0.298 e. The van der Waals surface area contributed by atoms with Crippen LogP contribution < -0.4 is 15.6 Å². The number of amides is 1. The fraction of sp³-hybridized carbons (Fsp3) is 0.0556. The molecule has 0 atom stereocenters. The molecule has 1 heterocycles. The van der Waals surface area contributed by atoms with E-state index >= 15 is 0 Å². The summed E-state index contributed by atoms with van der Waals surface area (Å²) in [4.78, 5) is 28.8. The van der Waals surface area contributed by atoms with Gasteiger partial charge >= 0.3 is 0 Å². The van der Waals surface area contributed by atoms with Gasteiger partial charge in [0.1, 0.15) is 5.75 Å². The maximum Gasteiger partial charge on any atom is 0.298 e. The summed E-state index contributed by atoms with van der Waals surface area (Å²) in [5, 5.41) is 3.05. The van der Waals surface area contributed by atoms with Gasteiger partial charge in [0.2, 0.25) is 0 Å². The fourth-order valence-electron chi connectivity index (χ4n) is 2.24. The van der Waals surface area contributed by atoms with Crippen LogP contribution in [0.1, 0.15) is 10.4 Å². The standard InChI is InChI=1S/C18H14ClN3O3/c1-25-15-4-2-3-14(11-15)22-10-9-20-16(18(22)24)21-17(23)12-5-7-13(19)8-6-12/h2-11H,1H3,(H,20,21,23). The lowest BCUT2D eigenvalue weighted by atomic mass is 10.2. The summed E-state index contributed by atoms with van der Waals surface area (Å²) in [6.45, 7) is 0. The zero-order chi connectivity index (χ0) is 17.8.